The van der Waals surface area contributed by atoms with Crippen LogP contribution in [0.15, 0.2) is 42.7 Å². The van der Waals surface area contributed by atoms with Gasteiger partial charge in [-0.2, -0.15) is 0 Å². The van der Waals surface area contributed by atoms with Gasteiger partial charge < -0.3 is 20.5 Å². The van der Waals surface area contributed by atoms with Crippen molar-refractivity contribution in [3.63, 3.8) is 0 Å². The number of benzene rings is 2. The molecule has 0 aliphatic rings. The van der Waals surface area contributed by atoms with Crippen molar-refractivity contribution in [1.82, 2.24) is 15.3 Å². The van der Waals surface area contributed by atoms with Crippen LogP contribution in [0.3, 0.4) is 0 Å². The Balaban J connectivity index is 1.87. The number of methoxy groups -OCH3 is 1. The maximum absolute atomic E-state index is 11.2. The molecule has 0 saturated carbocycles. The van der Waals surface area contributed by atoms with Gasteiger partial charge in [0.25, 0.3) is 0 Å². The Morgan fingerprint density at radius 3 is 2.58 bits per heavy atom. The monoisotopic (exact) mass is 352 g/mol. The highest BCUT2D eigenvalue weighted by Gasteiger charge is 2.11. The summed E-state index contributed by atoms with van der Waals surface area (Å²) in [4.78, 5) is 19.6. The first-order valence-electron chi connectivity index (χ1n) is 8.13. The van der Waals surface area contributed by atoms with Gasteiger partial charge in [-0.15, -0.1) is 0 Å². The Labute approximate surface area is 151 Å². The maximum Gasteiger partial charge on any atom is 0.217 e. The van der Waals surface area contributed by atoms with Crippen LogP contribution in [0.25, 0.3) is 10.9 Å². The number of carbonyl (C=O) groups excluding carboxylic acids is 1. The molecule has 1 aromatic heterocycles. The Morgan fingerprint density at radius 1 is 1.19 bits per heavy atom. The molecule has 0 unspecified atom stereocenters. The molecule has 0 aliphatic heterocycles. The fourth-order valence-corrected chi connectivity index (χ4v) is 2.72. The zero-order valence-electron chi connectivity index (χ0n) is 14.8. The lowest BCUT2D eigenvalue weighted by Crippen LogP contribution is -2.23. The van der Waals surface area contributed by atoms with Crippen LogP contribution in [-0.4, -0.2) is 28.1 Å². The van der Waals surface area contributed by atoms with Gasteiger partial charge in [-0.3, -0.25) is 4.79 Å². The highest BCUT2D eigenvalue weighted by Crippen LogP contribution is 2.33. The van der Waals surface area contributed by atoms with Crippen LogP contribution in [0.4, 0.5) is 11.5 Å². The van der Waals surface area contributed by atoms with E-state index in [0.717, 1.165) is 11.3 Å². The Kier molecular flexibility index (Phi) is 4.88. The number of fused-ring (bicyclic) bond motifs is 1. The first-order valence-corrected chi connectivity index (χ1v) is 8.13. The molecule has 0 bridgehead atoms. The van der Waals surface area contributed by atoms with Gasteiger partial charge in [0.15, 0.2) is 11.5 Å². The third-order valence-electron chi connectivity index (χ3n) is 4.03. The van der Waals surface area contributed by atoms with Crippen molar-refractivity contribution in [2.75, 3.05) is 12.4 Å². The molecular formula is C19H20N4O3. The SMILES string of the molecule is COc1cc2ncnc(Nc3ccc([C@@H](C)NC(C)=O)cc3)c2cc1O. The van der Waals surface area contributed by atoms with E-state index in [9.17, 15) is 9.90 Å². The predicted octanol–water partition coefficient (Wildman–Crippen LogP) is 3.28. The van der Waals surface area contributed by atoms with Gasteiger partial charge in [-0.05, 0) is 30.7 Å². The van der Waals surface area contributed by atoms with E-state index in [1.807, 2.05) is 31.2 Å². The minimum Gasteiger partial charge on any atom is -0.504 e. The zero-order valence-corrected chi connectivity index (χ0v) is 14.8. The normalized spacial score (nSPS) is 11.8. The largest absolute Gasteiger partial charge is 0.504 e. The highest BCUT2D eigenvalue weighted by molar-refractivity contribution is 5.92. The zero-order chi connectivity index (χ0) is 18.7. The molecule has 134 valence electrons. The van der Waals surface area contributed by atoms with E-state index in [-0.39, 0.29) is 17.7 Å². The molecule has 3 rings (SSSR count). The number of hydrogen-bond acceptors (Lipinski definition) is 6. The highest BCUT2D eigenvalue weighted by atomic mass is 16.5. The van der Waals surface area contributed by atoms with Crippen molar-refractivity contribution in [3.8, 4) is 11.5 Å². The number of aromatic nitrogens is 2. The number of amides is 1. The van der Waals surface area contributed by atoms with Crippen molar-refractivity contribution < 1.29 is 14.6 Å². The van der Waals surface area contributed by atoms with Gasteiger partial charge in [0.1, 0.15) is 12.1 Å². The lowest BCUT2D eigenvalue weighted by atomic mass is 10.1. The molecule has 0 saturated heterocycles. The van der Waals surface area contributed by atoms with E-state index < -0.39 is 0 Å². The molecule has 1 heterocycles. The molecule has 3 N–H and O–H groups in total. The molecule has 0 radical (unpaired) electrons. The summed E-state index contributed by atoms with van der Waals surface area (Å²) in [5.41, 5.74) is 2.49. The molecular weight excluding hydrogens is 332 g/mol. The summed E-state index contributed by atoms with van der Waals surface area (Å²) in [5, 5.41) is 16.8. The number of anilines is 2. The van der Waals surface area contributed by atoms with Crippen molar-refractivity contribution in [2.24, 2.45) is 0 Å². The third kappa shape index (κ3) is 3.66. The Bertz CT molecular complexity index is 941. The molecule has 1 amide bonds. The number of ether oxygens (including phenoxy) is 1. The van der Waals surface area contributed by atoms with Crippen molar-refractivity contribution in [2.45, 2.75) is 19.9 Å². The number of hydrogen-bond donors (Lipinski definition) is 3. The second-order valence-corrected chi connectivity index (χ2v) is 5.93. The van der Waals surface area contributed by atoms with Crippen molar-refractivity contribution in [1.29, 1.82) is 0 Å². The van der Waals surface area contributed by atoms with Gasteiger partial charge in [0, 0.05) is 24.1 Å². The molecule has 26 heavy (non-hydrogen) atoms. The van der Waals surface area contributed by atoms with Crippen LogP contribution in [0, 0.1) is 0 Å². The summed E-state index contributed by atoms with van der Waals surface area (Å²) in [7, 11) is 1.49. The summed E-state index contributed by atoms with van der Waals surface area (Å²) in [6.07, 6.45) is 1.45. The summed E-state index contributed by atoms with van der Waals surface area (Å²) in [5.74, 6) is 0.897. The van der Waals surface area contributed by atoms with Gasteiger partial charge in [-0.1, -0.05) is 12.1 Å². The average Bonchev–Trinajstić information content (AvgIpc) is 2.62. The standard InChI is InChI=1S/C19H20N4O3/c1-11(22-12(2)24)13-4-6-14(7-5-13)23-19-15-8-17(25)18(26-3)9-16(15)20-10-21-19/h4-11,25H,1-3H3,(H,22,24)(H,20,21,23)/t11-/m1/s1. The lowest BCUT2D eigenvalue weighted by Gasteiger charge is -2.14. The van der Waals surface area contributed by atoms with Crippen LogP contribution in [0.5, 0.6) is 11.5 Å². The number of carbonyl (C=O) groups is 1. The first-order chi connectivity index (χ1) is 12.5. The van der Waals surface area contributed by atoms with Crippen LogP contribution in [0.2, 0.25) is 0 Å². The lowest BCUT2D eigenvalue weighted by molar-refractivity contribution is -0.119. The number of nitrogens with one attached hydrogen (secondary N) is 2. The van der Waals surface area contributed by atoms with Crippen molar-refractivity contribution >= 4 is 28.3 Å². The van der Waals surface area contributed by atoms with Crippen LogP contribution in [-0.2, 0) is 4.79 Å². The number of phenols is 1. The fraction of sp³-hybridized carbons (Fsp3) is 0.211. The molecule has 0 spiro atoms. The minimum atomic E-state index is -0.0672. The summed E-state index contributed by atoms with van der Waals surface area (Å²) in [6.45, 7) is 3.43. The number of aromatic hydroxyl groups is 1. The summed E-state index contributed by atoms with van der Waals surface area (Å²) >= 11 is 0. The third-order valence-corrected chi connectivity index (χ3v) is 4.03. The molecule has 2 aromatic carbocycles. The van der Waals surface area contributed by atoms with Gasteiger partial charge in [0.05, 0.1) is 18.7 Å². The second-order valence-electron chi connectivity index (χ2n) is 5.93. The minimum absolute atomic E-state index is 0.0253. The van der Waals surface area contributed by atoms with Gasteiger partial charge >= 0.3 is 0 Å². The van der Waals surface area contributed by atoms with E-state index >= 15 is 0 Å². The topological polar surface area (TPSA) is 96.4 Å². The second kappa shape index (κ2) is 7.26. The van der Waals surface area contributed by atoms with E-state index in [2.05, 4.69) is 20.6 Å². The molecule has 7 heteroatoms. The molecule has 7 nitrogen and oxygen atoms in total. The van der Waals surface area contributed by atoms with Crippen LogP contribution in [0.1, 0.15) is 25.5 Å². The first kappa shape index (κ1) is 17.5. The van der Waals surface area contributed by atoms with E-state index in [1.54, 1.807) is 12.1 Å². The Hall–Kier alpha value is -3.35. The number of phenolic OH excluding ortho intramolecular Hbond substituents is 1. The molecule has 0 aliphatic carbocycles. The van der Waals surface area contributed by atoms with E-state index in [0.29, 0.717) is 22.5 Å². The van der Waals surface area contributed by atoms with E-state index in [1.165, 1.54) is 20.4 Å². The quantitative estimate of drug-likeness (QED) is 0.652. The summed E-state index contributed by atoms with van der Waals surface area (Å²) in [6, 6.07) is 10.9. The van der Waals surface area contributed by atoms with E-state index in [4.69, 9.17) is 4.74 Å². The fourth-order valence-electron chi connectivity index (χ4n) is 2.72. The summed E-state index contributed by atoms with van der Waals surface area (Å²) < 4.78 is 5.11. The number of nitrogens with zero attached hydrogens (tertiary/aromatic N) is 2. The van der Waals surface area contributed by atoms with Crippen LogP contribution >= 0.6 is 0 Å². The smallest absolute Gasteiger partial charge is 0.217 e. The van der Waals surface area contributed by atoms with Gasteiger partial charge in [-0.25, -0.2) is 9.97 Å². The Morgan fingerprint density at radius 2 is 1.92 bits per heavy atom. The van der Waals surface area contributed by atoms with Crippen LogP contribution < -0.4 is 15.4 Å². The predicted molar refractivity (Wildman–Crippen MR) is 99.7 cm³/mol. The van der Waals surface area contributed by atoms with Gasteiger partial charge in [0.2, 0.25) is 5.91 Å². The molecule has 3 aromatic rings. The molecule has 1 atom stereocenters. The molecule has 0 fully saturated rings. The maximum atomic E-state index is 11.2. The van der Waals surface area contributed by atoms with Crippen molar-refractivity contribution in [3.05, 3.63) is 48.3 Å². The number of rotatable bonds is 5. The average molecular weight is 352 g/mol.